The summed E-state index contributed by atoms with van der Waals surface area (Å²) in [4.78, 5) is 23.5. The Hall–Kier alpha value is -0.943. The molecule has 0 aliphatic carbocycles. The Bertz CT molecular complexity index is 463. The van der Waals surface area contributed by atoms with Crippen molar-refractivity contribution < 1.29 is 18.8 Å². The minimum Gasteiger partial charge on any atom is -0.454 e. The van der Waals surface area contributed by atoms with Crippen LogP contribution in [0.1, 0.15) is 73.6 Å². The molecule has 4 nitrogen and oxygen atoms in total. The first-order valence-electron chi connectivity index (χ1n) is 9.69. The summed E-state index contributed by atoms with van der Waals surface area (Å²) < 4.78 is 10.6. The van der Waals surface area contributed by atoms with Crippen molar-refractivity contribution in [1.29, 1.82) is 0 Å². The number of Topliss-reactive ketones (excluding diaryl/α,β-unsaturated/α-hetero) is 1. The smallest absolute Gasteiger partial charge is 0.303 e. The minimum atomic E-state index is -0.931. The Kier molecular flexibility index (Phi) is 12.0. The summed E-state index contributed by atoms with van der Waals surface area (Å²) >= 11 is 0. The van der Waals surface area contributed by atoms with Crippen LogP contribution in [-0.4, -0.2) is 33.5 Å². The molecule has 1 radical (unpaired) electrons. The fraction of sp³-hybridized carbons (Fsp3) is 0.810. The number of esters is 1. The second-order valence-corrected chi connectivity index (χ2v) is 10.9. The van der Waals surface area contributed by atoms with Gasteiger partial charge >= 0.3 is 5.97 Å². The third-order valence-corrected chi connectivity index (χ3v) is 4.80. The van der Waals surface area contributed by atoms with Crippen molar-refractivity contribution in [2.45, 2.75) is 92.8 Å². The largest absolute Gasteiger partial charge is 0.454 e. The first-order chi connectivity index (χ1) is 11.9. The predicted octanol–water partition coefficient (Wildman–Crippen LogP) is 5.33. The molecule has 0 rings (SSSR count). The number of allylic oxidation sites excluding steroid dienone is 1. The summed E-state index contributed by atoms with van der Waals surface area (Å²) in [5, 5.41) is 0. The fourth-order valence-corrected chi connectivity index (χ4v) is 3.47. The molecule has 2 unspecified atom stereocenters. The van der Waals surface area contributed by atoms with Crippen molar-refractivity contribution in [2.24, 2.45) is 11.3 Å². The molecule has 2 atom stereocenters. The van der Waals surface area contributed by atoms with Crippen LogP contribution in [0.4, 0.5) is 0 Å². The topological polar surface area (TPSA) is 52.6 Å². The Balaban J connectivity index is 4.44. The van der Waals surface area contributed by atoms with E-state index in [1.54, 1.807) is 0 Å². The van der Waals surface area contributed by atoms with E-state index in [0.29, 0.717) is 11.8 Å². The molecule has 0 N–H and O–H groups in total. The van der Waals surface area contributed by atoms with E-state index < -0.39 is 21.1 Å². The van der Waals surface area contributed by atoms with Gasteiger partial charge in [-0.05, 0) is 50.6 Å². The molecular formula is C21H39O4Si. The van der Waals surface area contributed by atoms with Crippen LogP contribution in [0, 0.1) is 11.3 Å². The van der Waals surface area contributed by atoms with E-state index in [2.05, 4.69) is 34.6 Å². The van der Waals surface area contributed by atoms with Crippen molar-refractivity contribution in [1.82, 2.24) is 0 Å². The Labute approximate surface area is 162 Å². The van der Waals surface area contributed by atoms with Crippen LogP contribution >= 0.6 is 0 Å². The van der Waals surface area contributed by atoms with Gasteiger partial charge in [0.15, 0.2) is 11.9 Å². The molecule has 0 saturated heterocycles. The highest BCUT2D eigenvalue weighted by Gasteiger charge is 2.21. The van der Waals surface area contributed by atoms with Crippen molar-refractivity contribution in [3.63, 3.8) is 0 Å². The molecule has 0 aromatic rings. The van der Waals surface area contributed by atoms with E-state index in [4.69, 9.17) is 9.16 Å². The molecule has 0 spiro atoms. The number of carbonyl (C=O) groups excluding carboxylic acids is 2. The summed E-state index contributed by atoms with van der Waals surface area (Å²) in [5.41, 5.74) is 1.62. The lowest BCUT2D eigenvalue weighted by atomic mass is 9.83. The Morgan fingerprint density at radius 1 is 1.15 bits per heavy atom. The zero-order valence-electron chi connectivity index (χ0n) is 18.1. The van der Waals surface area contributed by atoms with Crippen LogP contribution in [0.15, 0.2) is 11.6 Å². The van der Waals surface area contributed by atoms with Gasteiger partial charge in [-0.1, -0.05) is 45.8 Å². The average Bonchev–Trinajstić information content (AvgIpc) is 2.46. The van der Waals surface area contributed by atoms with E-state index in [1.165, 1.54) is 25.3 Å². The lowest BCUT2D eigenvalue weighted by molar-refractivity contribution is -0.153. The Morgan fingerprint density at radius 2 is 1.77 bits per heavy atom. The van der Waals surface area contributed by atoms with E-state index in [1.807, 2.05) is 19.2 Å². The molecular weight excluding hydrogens is 344 g/mol. The van der Waals surface area contributed by atoms with Crippen LogP contribution < -0.4 is 0 Å². The molecule has 0 saturated carbocycles. The second kappa shape index (κ2) is 12.4. The fourth-order valence-electron chi connectivity index (χ4n) is 3.04. The lowest BCUT2D eigenvalue weighted by Crippen LogP contribution is -2.31. The third kappa shape index (κ3) is 14.2. The van der Waals surface area contributed by atoms with E-state index in [-0.39, 0.29) is 12.4 Å². The average molecular weight is 384 g/mol. The monoisotopic (exact) mass is 383 g/mol. The zero-order chi connectivity index (χ0) is 20.3. The maximum absolute atomic E-state index is 12.2. The highest BCUT2D eigenvalue weighted by molar-refractivity contribution is 6.48. The molecule has 0 amide bonds. The molecule has 0 aliphatic heterocycles. The number of rotatable bonds is 12. The highest BCUT2D eigenvalue weighted by Crippen LogP contribution is 2.27. The maximum atomic E-state index is 12.2. The number of hydrogen-bond acceptors (Lipinski definition) is 4. The second-order valence-electron chi connectivity index (χ2n) is 8.81. The van der Waals surface area contributed by atoms with Gasteiger partial charge < -0.3 is 9.16 Å². The van der Waals surface area contributed by atoms with Gasteiger partial charge in [0.1, 0.15) is 0 Å². The predicted molar refractivity (Wildman–Crippen MR) is 109 cm³/mol. The van der Waals surface area contributed by atoms with Crippen LogP contribution in [0.25, 0.3) is 0 Å². The van der Waals surface area contributed by atoms with Gasteiger partial charge in [-0.15, -0.1) is 0 Å². The first kappa shape index (κ1) is 25.1. The molecule has 5 heteroatoms. The first-order valence-corrected chi connectivity index (χ1v) is 12.1. The molecule has 0 aromatic heterocycles. The molecule has 0 heterocycles. The van der Waals surface area contributed by atoms with Gasteiger partial charge in [0.05, 0.1) is 6.61 Å². The van der Waals surface area contributed by atoms with E-state index in [9.17, 15) is 9.59 Å². The lowest BCUT2D eigenvalue weighted by Gasteiger charge is -2.23. The van der Waals surface area contributed by atoms with E-state index in [0.717, 1.165) is 18.8 Å². The SMILES string of the molecule is CC(=O)OC(CC=C(C)CCCC(C)CC(C)(C)C)C(=O)CO[Si](C)C. The Morgan fingerprint density at radius 3 is 2.27 bits per heavy atom. The van der Waals surface area contributed by atoms with Crippen LogP contribution in [0.5, 0.6) is 0 Å². The zero-order valence-corrected chi connectivity index (χ0v) is 19.1. The van der Waals surface area contributed by atoms with Crippen LogP contribution in [-0.2, 0) is 18.8 Å². The molecule has 0 aromatic carbocycles. The number of carbonyl (C=O) groups is 2. The molecule has 0 bridgehead atoms. The third-order valence-electron chi connectivity index (χ3n) is 4.08. The quantitative estimate of drug-likeness (QED) is 0.259. The minimum absolute atomic E-state index is 0.0243. The number of ether oxygens (including phenoxy) is 1. The van der Waals surface area contributed by atoms with Gasteiger partial charge in [0.25, 0.3) is 0 Å². The molecule has 0 aliphatic rings. The summed E-state index contributed by atoms with van der Waals surface area (Å²) in [5.74, 6) is 0.132. The summed E-state index contributed by atoms with van der Waals surface area (Å²) in [7, 11) is -0.931. The summed E-state index contributed by atoms with van der Waals surface area (Å²) in [6, 6.07) is 0. The van der Waals surface area contributed by atoms with Crippen molar-refractivity contribution >= 4 is 20.8 Å². The summed E-state index contributed by atoms with van der Waals surface area (Å²) in [6.07, 6.45) is 6.33. The molecule has 26 heavy (non-hydrogen) atoms. The number of ketones is 1. The normalized spacial score (nSPS) is 15.0. The van der Waals surface area contributed by atoms with Crippen molar-refractivity contribution in [2.75, 3.05) is 6.61 Å². The molecule has 0 fully saturated rings. The maximum Gasteiger partial charge on any atom is 0.303 e. The van der Waals surface area contributed by atoms with Crippen LogP contribution in [0.3, 0.4) is 0 Å². The highest BCUT2D eigenvalue weighted by atomic mass is 28.3. The van der Waals surface area contributed by atoms with Gasteiger partial charge in [-0.25, -0.2) is 0 Å². The van der Waals surface area contributed by atoms with Gasteiger partial charge in [-0.3, -0.25) is 9.59 Å². The number of hydrogen-bond donors (Lipinski definition) is 0. The molecule has 151 valence electrons. The van der Waals surface area contributed by atoms with Gasteiger partial charge in [0, 0.05) is 13.3 Å². The van der Waals surface area contributed by atoms with E-state index >= 15 is 0 Å². The van der Waals surface area contributed by atoms with Gasteiger partial charge in [0.2, 0.25) is 9.04 Å². The van der Waals surface area contributed by atoms with Gasteiger partial charge in [-0.2, -0.15) is 0 Å². The summed E-state index contributed by atoms with van der Waals surface area (Å²) in [6.45, 7) is 16.6. The van der Waals surface area contributed by atoms with Crippen molar-refractivity contribution in [3.05, 3.63) is 11.6 Å². The van der Waals surface area contributed by atoms with Crippen LogP contribution in [0.2, 0.25) is 13.1 Å². The standard InChI is InChI=1S/C21H39O4Si/c1-16(10-9-11-17(2)14-21(4,5)6)12-13-20(25-18(3)22)19(23)15-24-26(7)8/h12,17,20H,9-11,13-15H2,1-8H3. The van der Waals surface area contributed by atoms with Crippen molar-refractivity contribution in [3.8, 4) is 0 Å².